The molecule has 0 aliphatic heterocycles. The van der Waals surface area contributed by atoms with Gasteiger partial charge in [0, 0.05) is 12.6 Å². The maximum Gasteiger partial charge on any atom is 0.306 e. The van der Waals surface area contributed by atoms with Crippen LogP contribution in [0.25, 0.3) is 0 Å². The standard InChI is InChI=1S/C9H11BrN2O2/c1-12-8(10)6-4-5(9(13)14)2-3-7(6)11-12/h5H,2-4H2,1H3,(H,13,14). The highest BCUT2D eigenvalue weighted by molar-refractivity contribution is 9.10. The Balaban J connectivity index is 2.33. The molecule has 76 valence electrons. The van der Waals surface area contributed by atoms with Crippen LogP contribution in [0.2, 0.25) is 0 Å². The number of nitrogens with zero attached hydrogens (tertiary/aromatic N) is 2. The molecule has 1 aromatic heterocycles. The first-order valence-corrected chi connectivity index (χ1v) is 5.32. The highest BCUT2D eigenvalue weighted by atomic mass is 79.9. The molecule has 0 saturated carbocycles. The fourth-order valence-electron chi connectivity index (χ4n) is 1.87. The number of hydrogen-bond donors (Lipinski definition) is 1. The van der Waals surface area contributed by atoms with Crippen molar-refractivity contribution in [3.63, 3.8) is 0 Å². The van der Waals surface area contributed by atoms with E-state index in [-0.39, 0.29) is 5.92 Å². The SMILES string of the molecule is Cn1nc2c(c1Br)CC(C(=O)O)CC2. The Morgan fingerprint density at radius 2 is 2.43 bits per heavy atom. The summed E-state index contributed by atoms with van der Waals surface area (Å²) in [7, 11) is 1.86. The van der Waals surface area contributed by atoms with E-state index in [1.54, 1.807) is 4.68 Å². The number of aryl methyl sites for hydroxylation is 2. The Kier molecular flexibility index (Phi) is 2.34. The second kappa shape index (κ2) is 3.38. The van der Waals surface area contributed by atoms with Gasteiger partial charge in [-0.1, -0.05) is 0 Å². The third-order valence-electron chi connectivity index (χ3n) is 2.68. The van der Waals surface area contributed by atoms with E-state index >= 15 is 0 Å². The van der Waals surface area contributed by atoms with Gasteiger partial charge in [0.05, 0.1) is 11.6 Å². The minimum absolute atomic E-state index is 0.247. The lowest BCUT2D eigenvalue weighted by molar-refractivity contribution is -0.142. The van der Waals surface area contributed by atoms with E-state index in [2.05, 4.69) is 21.0 Å². The average molecular weight is 259 g/mol. The maximum absolute atomic E-state index is 10.8. The van der Waals surface area contributed by atoms with E-state index in [1.807, 2.05) is 7.05 Å². The summed E-state index contributed by atoms with van der Waals surface area (Å²) in [6.07, 6.45) is 2.07. The maximum atomic E-state index is 10.8. The summed E-state index contributed by atoms with van der Waals surface area (Å²) in [5.74, 6) is -0.950. The normalized spacial score (nSPS) is 20.6. The summed E-state index contributed by atoms with van der Waals surface area (Å²) in [5, 5.41) is 13.2. The van der Waals surface area contributed by atoms with Crippen molar-refractivity contribution in [2.24, 2.45) is 13.0 Å². The van der Waals surface area contributed by atoms with Crippen molar-refractivity contribution in [3.8, 4) is 0 Å². The largest absolute Gasteiger partial charge is 0.481 e. The molecule has 2 rings (SSSR count). The van der Waals surface area contributed by atoms with Gasteiger partial charge >= 0.3 is 5.97 Å². The van der Waals surface area contributed by atoms with Gasteiger partial charge in [-0.05, 0) is 35.2 Å². The summed E-state index contributed by atoms with van der Waals surface area (Å²) in [6, 6.07) is 0. The Morgan fingerprint density at radius 3 is 3.07 bits per heavy atom. The lowest BCUT2D eigenvalue weighted by Gasteiger charge is -2.17. The van der Waals surface area contributed by atoms with Gasteiger partial charge in [0.15, 0.2) is 0 Å². The van der Waals surface area contributed by atoms with Crippen molar-refractivity contribution in [3.05, 3.63) is 15.9 Å². The lowest BCUT2D eigenvalue weighted by Crippen LogP contribution is -2.21. The highest BCUT2D eigenvalue weighted by Crippen LogP contribution is 2.30. The monoisotopic (exact) mass is 258 g/mol. The molecule has 14 heavy (non-hydrogen) atoms. The van der Waals surface area contributed by atoms with Crippen molar-refractivity contribution < 1.29 is 9.90 Å². The van der Waals surface area contributed by atoms with Crippen LogP contribution in [0.5, 0.6) is 0 Å². The first kappa shape index (κ1) is 9.71. The van der Waals surface area contributed by atoms with E-state index in [0.717, 1.165) is 22.3 Å². The Labute approximate surface area is 90.0 Å². The van der Waals surface area contributed by atoms with Crippen LogP contribution in [0.3, 0.4) is 0 Å². The quantitative estimate of drug-likeness (QED) is 0.828. The van der Waals surface area contributed by atoms with Gasteiger partial charge in [0.1, 0.15) is 4.60 Å². The predicted octanol–water partition coefficient (Wildman–Crippen LogP) is 1.37. The molecule has 1 aliphatic carbocycles. The average Bonchev–Trinajstić information content (AvgIpc) is 2.43. The molecule has 4 nitrogen and oxygen atoms in total. The van der Waals surface area contributed by atoms with Crippen molar-refractivity contribution in [1.29, 1.82) is 0 Å². The topological polar surface area (TPSA) is 55.1 Å². The fraction of sp³-hybridized carbons (Fsp3) is 0.556. The third-order valence-corrected chi connectivity index (χ3v) is 3.67. The first-order chi connectivity index (χ1) is 6.59. The second-order valence-electron chi connectivity index (χ2n) is 3.62. The molecule has 0 fully saturated rings. The molecular weight excluding hydrogens is 248 g/mol. The van der Waals surface area contributed by atoms with Crippen LogP contribution in [0.15, 0.2) is 4.60 Å². The molecule has 0 amide bonds. The van der Waals surface area contributed by atoms with Crippen LogP contribution < -0.4 is 0 Å². The molecule has 5 heteroatoms. The van der Waals surface area contributed by atoms with Gasteiger partial charge in [-0.15, -0.1) is 0 Å². The van der Waals surface area contributed by atoms with Crippen molar-refractivity contribution >= 4 is 21.9 Å². The molecule has 1 aliphatic rings. The number of hydrogen-bond acceptors (Lipinski definition) is 2. The summed E-state index contributed by atoms with van der Waals surface area (Å²) >= 11 is 3.42. The number of fused-ring (bicyclic) bond motifs is 1. The van der Waals surface area contributed by atoms with Gasteiger partial charge < -0.3 is 5.11 Å². The van der Waals surface area contributed by atoms with Gasteiger partial charge in [0.2, 0.25) is 0 Å². The highest BCUT2D eigenvalue weighted by Gasteiger charge is 2.28. The molecule has 0 radical (unpaired) electrons. The van der Waals surface area contributed by atoms with Crippen molar-refractivity contribution in [1.82, 2.24) is 9.78 Å². The zero-order valence-corrected chi connectivity index (χ0v) is 9.41. The number of aromatic nitrogens is 2. The van der Waals surface area contributed by atoms with Gasteiger partial charge in [-0.2, -0.15) is 5.10 Å². The fourth-order valence-corrected chi connectivity index (χ4v) is 2.34. The van der Waals surface area contributed by atoms with Gasteiger partial charge in [-0.25, -0.2) is 0 Å². The number of carbonyl (C=O) groups is 1. The van der Waals surface area contributed by atoms with Gasteiger partial charge in [-0.3, -0.25) is 9.48 Å². The summed E-state index contributed by atoms with van der Waals surface area (Å²) < 4.78 is 2.67. The number of carboxylic acids is 1. The van der Waals surface area contributed by atoms with Crippen LogP contribution in [0.1, 0.15) is 17.7 Å². The molecule has 1 N–H and O–H groups in total. The molecule has 1 atom stereocenters. The predicted molar refractivity (Wildman–Crippen MR) is 54.1 cm³/mol. The molecule has 0 bridgehead atoms. The first-order valence-electron chi connectivity index (χ1n) is 4.52. The molecule has 1 aromatic rings. The second-order valence-corrected chi connectivity index (χ2v) is 4.37. The zero-order valence-electron chi connectivity index (χ0n) is 7.83. The Bertz CT molecular complexity index is 386. The van der Waals surface area contributed by atoms with E-state index in [0.29, 0.717) is 12.8 Å². The summed E-state index contributed by atoms with van der Waals surface area (Å²) in [6.45, 7) is 0. The number of halogens is 1. The van der Waals surface area contributed by atoms with E-state index in [1.165, 1.54) is 0 Å². The Hall–Kier alpha value is -0.840. The Morgan fingerprint density at radius 1 is 1.71 bits per heavy atom. The van der Waals surface area contributed by atoms with E-state index in [4.69, 9.17) is 5.11 Å². The zero-order chi connectivity index (χ0) is 10.3. The number of aliphatic carboxylic acids is 1. The molecule has 1 unspecified atom stereocenters. The van der Waals surface area contributed by atoms with E-state index in [9.17, 15) is 4.79 Å². The van der Waals surface area contributed by atoms with Gasteiger partial charge in [0.25, 0.3) is 0 Å². The van der Waals surface area contributed by atoms with Crippen LogP contribution in [0, 0.1) is 5.92 Å². The molecule has 0 saturated heterocycles. The van der Waals surface area contributed by atoms with Crippen molar-refractivity contribution in [2.75, 3.05) is 0 Å². The number of rotatable bonds is 1. The summed E-state index contributed by atoms with van der Waals surface area (Å²) in [4.78, 5) is 10.8. The minimum atomic E-state index is -0.702. The number of carboxylic acid groups (broad SMARTS) is 1. The van der Waals surface area contributed by atoms with Crippen LogP contribution in [-0.2, 0) is 24.7 Å². The molecule has 1 heterocycles. The third kappa shape index (κ3) is 1.45. The molecule has 0 aromatic carbocycles. The van der Waals surface area contributed by atoms with Crippen LogP contribution in [-0.4, -0.2) is 20.9 Å². The van der Waals surface area contributed by atoms with E-state index < -0.39 is 5.97 Å². The minimum Gasteiger partial charge on any atom is -0.481 e. The molecular formula is C9H11BrN2O2. The van der Waals surface area contributed by atoms with Crippen molar-refractivity contribution in [2.45, 2.75) is 19.3 Å². The van der Waals surface area contributed by atoms with Crippen LogP contribution >= 0.6 is 15.9 Å². The lowest BCUT2D eigenvalue weighted by atomic mass is 9.88. The smallest absolute Gasteiger partial charge is 0.306 e. The van der Waals surface area contributed by atoms with Crippen LogP contribution in [0.4, 0.5) is 0 Å². The molecule has 0 spiro atoms. The summed E-state index contributed by atoms with van der Waals surface area (Å²) in [5.41, 5.74) is 2.10.